The molecule has 2 aliphatic rings. The Morgan fingerprint density at radius 3 is 3.08 bits per heavy atom. The highest BCUT2D eigenvalue weighted by Crippen LogP contribution is 2.36. The molecule has 0 aliphatic carbocycles. The topological polar surface area (TPSA) is 78.3 Å². The fraction of sp³-hybridized carbons (Fsp3) is 0.389. The minimum absolute atomic E-state index is 0.0785. The van der Waals surface area contributed by atoms with Crippen LogP contribution in [0.25, 0.3) is 0 Å². The van der Waals surface area contributed by atoms with Crippen molar-refractivity contribution >= 4 is 11.9 Å². The number of nitrogens with zero attached hydrogens (tertiary/aromatic N) is 3. The van der Waals surface area contributed by atoms with E-state index >= 15 is 0 Å². The van der Waals surface area contributed by atoms with Crippen molar-refractivity contribution in [3.05, 3.63) is 53.2 Å². The van der Waals surface area contributed by atoms with Crippen LogP contribution >= 0.6 is 0 Å². The van der Waals surface area contributed by atoms with Crippen molar-refractivity contribution in [1.29, 1.82) is 0 Å². The summed E-state index contributed by atoms with van der Waals surface area (Å²) in [5.41, 5.74) is 1.21. The summed E-state index contributed by atoms with van der Waals surface area (Å²) in [6.07, 6.45) is 3.12. The summed E-state index contributed by atoms with van der Waals surface area (Å²) in [7, 11) is 0. The van der Waals surface area contributed by atoms with Crippen molar-refractivity contribution in [3.63, 3.8) is 0 Å². The highest BCUT2D eigenvalue weighted by Gasteiger charge is 2.36. The van der Waals surface area contributed by atoms with Crippen molar-refractivity contribution in [2.45, 2.75) is 31.9 Å². The van der Waals surface area contributed by atoms with E-state index in [0.29, 0.717) is 29.4 Å². The molecule has 7 nitrogen and oxygen atoms in total. The van der Waals surface area contributed by atoms with Crippen LogP contribution in [0, 0.1) is 5.82 Å². The lowest BCUT2D eigenvalue weighted by Crippen LogP contribution is -2.31. The first-order chi connectivity index (χ1) is 12.6. The number of hydrogen-bond acceptors (Lipinski definition) is 6. The van der Waals surface area contributed by atoms with Crippen molar-refractivity contribution in [2.75, 3.05) is 18.5 Å². The zero-order chi connectivity index (χ0) is 18.1. The summed E-state index contributed by atoms with van der Waals surface area (Å²) in [5, 5.41) is 7.20. The Kier molecular flexibility index (Phi) is 4.42. The van der Waals surface area contributed by atoms with Gasteiger partial charge in [0.2, 0.25) is 5.95 Å². The summed E-state index contributed by atoms with van der Waals surface area (Å²) in [5.74, 6) is -0.482. The molecular weight excluding hydrogens is 339 g/mol. The van der Waals surface area contributed by atoms with Gasteiger partial charge in [-0.25, -0.2) is 13.9 Å². The molecule has 2 aliphatic heterocycles. The van der Waals surface area contributed by atoms with Crippen LogP contribution in [0.5, 0.6) is 0 Å². The number of carbonyl (C=O) groups is 1. The van der Waals surface area contributed by atoms with E-state index in [9.17, 15) is 9.18 Å². The van der Waals surface area contributed by atoms with Crippen LogP contribution in [-0.2, 0) is 14.3 Å². The molecule has 4 rings (SSSR count). The molecule has 1 N–H and O–H groups in total. The number of esters is 1. The fourth-order valence-electron chi connectivity index (χ4n) is 3.36. The number of ether oxygens (including phenoxy) is 2. The standard InChI is InChI=1S/C18H19FN4O3/c1-11-15(17(24)26-9-12-5-4-8-25-12)16(13-6-2-3-7-14(13)19)23-18(22-11)20-10-21-23/h2-3,6-7,10,12,16H,4-5,8-9H2,1H3,(H,20,21,22)/t12-,16+/m0/s1. The van der Waals surface area contributed by atoms with Crippen LogP contribution in [0.4, 0.5) is 10.3 Å². The Labute approximate surface area is 149 Å². The van der Waals surface area contributed by atoms with Gasteiger partial charge in [0, 0.05) is 17.9 Å². The summed E-state index contributed by atoms with van der Waals surface area (Å²) in [6, 6.07) is 5.58. The van der Waals surface area contributed by atoms with Gasteiger partial charge in [-0.3, -0.25) is 0 Å². The van der Waals surface area contributed by atoms with Crippen molar-refractivity contribution in [1.82, 2.24) is 14.8 Å². The molecule has 1 aromatic carbocycles. The number of aromatic nitrogens is 3. The molecule has 2 aromatic rings. The first kappa shape index (κ1) is 16.7. The maximum absolute atomic E-state index is 14.5. The Morgan fingerprint density at radius 1 is 1.46 bits per heavy atom. The number of benzene rings is 1. The second-order valence-corrected chi connectivity index (χ2v) is 6.35. The third-order valence-electron chi connectivity index (χ3n) is 4.64. The van der Waals surface area contributed by atoms with Crippen molar-refractivity contribution < 1.29 is 18.7 Å². The third kappa shape index (κ3) is 2.96. The molecule has 1 fully saturated rings. The van der Waals surface area contributed by atoms with Crippen molar-refractivity contribution in [3.8, 4) is 0 Å². The largest absolute Gasteiger partial charge is 0.459 e. The van der Waals surface area contributed by atoms with Crippen LogP contribution in [0.3, 0.4) is 0 Å². The number of halogens is 1. The maximum Gasteiger partial charge on any atom is 0.338 e. The fourth-order valence-corrected chi connectivity index (χ4v) is 3.36. The van der Waals surface area contributed by atoms with Gasteiger partial charge in [0.1, 0.15) is 24.8 Å². The smallest absolute Gasteiger partial charge is 0.338 e. The molecule has 0 spiro atoms. The lowest BCUT2D eigenvalue weighted by Gasteiger charge is -2.28. The molecule has 0 bridgehead atoms. The second kappa shape index (κ2) is 6.87. The number of nitrogens with one attached hydrogen (secondary N) is 1. The molecule has 0 saturated carbocycles. The lowest BCUT2D eigenvalue weighted by molar-refractivity contribution is -0.142. The predicted molar refractivity (Wildman–Crippen MR) is 90.8 cm³/mol. The van der Waals surface area contributed by atoms with Crippen LogP contribution in [0.2, 0.25) is 0 Å². The van der Waals surface area contributed by atoms with Gasteiger partial charge in [-0.15, -0.1) is 0 Å². The normalized spacial score (nSPS) is 22.1. The van der Waals surface area contributed by atoms with Crippen LogP contribution < -0.4 is 5.32 Å². The zero-order valence-electron chi connectivity index (χ0n) is 14.3. The average Bonchev–Trinajstić information content (AvgIpc) is 3.30. The predicted octanol–water partition coefficient (Wildman–Crippen LogP) is 2.43. The first-order valence-corrected chi connectivity index (χ1v) is 8.55. The zero-order valence-corrected chi connectivity index (χ0v) is 14.3. The van der Waals surface area contributed by atoms with Crippen molar-refractivity contribution in [2.24, 2.45) is 0 Å². The number of allylic oxidation sites excluding steroid dienone is 1. The number of rotatable bonds is 4. The van der Waals surface area contributed by atoms with E-state index in [1.807, 2.05) is 0 Å². The van der Waals surface area contributed by atoms with Crippen LogP contribution in [0.15, 0.2) is 41.9 Å². The number of anilines is 1. The molecule has 136 valence electrons. The lowest BCUT2D eigenvalue weighted by atomic mass is 9.95. The maximum atomic E-state index is 14.5. The molecule has 2 atom stereocenters. The number of hydrogen-bond donors (Lipinski definition) is 1. The summed E-state index contributed by atoms with van der Waals surface area (Å²) in [4.78, 5) is 17.0. The van der Waals surface area contributed by atoms with Gasteiger partial charge in [-0.05, 0) is 25.8 Å². The highest BCUT2D eigenvalue weighted by atomic mass is 19.1. The summed E-state index contributed by atoms with van der Waals surface area (Å²) in [6.45, 7) is 2.62. The van der Waals surface area contributed by atoms with Gasteiger partial charge >= 0.3 is 5.97 Å². The van der Waals surface area contributed by atoms with Gasteiger partial charge < -0.3 is 14.8 Å². The molecule has 8 heteroatoms. The molecule has 0 amide bonds. The van der Waals surface area contributed by atoms with Crippen LogP contribution in [0.1, 0.15) is 31.4 Å². The molecular formula is C18H19FN4O3. The Morgan fingerprint density at radius 2 is 2.31 bits per heavy atom. The van der Waals surface area contributed by atoms with E-state index in [1.165, 1.54) is 17.1 Å². The van der Waals surface area contributed by atoms with E-state index in [0.717, 1.165) is 12.8 Å². The van der Waals surface area contributed by atoms with Gasteiger partial charge in [-0.1, -0.05) is 18.2 Å². The van der Waals surface area contributed by atoms with Gasteiger partial charge in [0.25, 0.3) is 0 Å². The summed E-state index contributed by atoms with van der Waals surface area (Å²) < 4.78 is 27.0. The molecule has 3 heterocycles. The third-order valence-corrected chi connectivity index (χ3v) is 4.64. The summed E-state index contributed by atoms with van der Waals surface area (Å²) >= 11 is 0. The van der Waals surface area contributed by atoms with E-state index in [2.05, 4.69) is 15.4 Å². The Balaban J connectivity index is 1.68. The molecule has 0 radical (unpaired) electrons. The van der Waals surface area contributed by atoms with Gasteiger partial charge in [0.15, 0.2) is 0 Å². The minimum atomic E-state index is -0.744. The number of fused-ring (bicyclic) bond motifs is 1. The molecule has 0 unspecified atom stereocenters. The quantitative estimate of drug-likeness (QED) is 0.846. The molecule has 1 saturated heterocycles. The monoisotopic (exact) mass is 358 g/mol. The van der Waals surface area contributed by atoms with E-state index in [1.54, 1.807) is 25.1 Å². The Bertz CT molecular complexity index is 858. The minimum Gasteiger partial charge on any atom is -0.459 e. The highest BCUT2D eigenvalue weighted by molar-refractivity contribution is 5.92. The average molecular weight is 358 g/mol. The van der Waals surface area contributed by atoms with Gasteiger partial charge in [0.05, 0.1) is 11.7 Å². The number of carbonyl (C=O) groups excluding carboxylic acids is 1. The first-order valence-electron chi connectivity index (χ1n) is 8.55. The van der Waals surface area contributed by atoms with Gasteiger partial charge in [-0.2, -0.15) is 10.1 Å². The van der Waals surface area contributed by atoms with E-state index in [-0.39, 0.29) is 12.7 Å². The SMILES string of the molecule is CC1=C(C(=O)OC[C@@H]2CCCO2)[C@@H](c2ccccc2F)n2ncnc2N1. The van der Waals surface area contributed by atoms with E-state index in [4.69, 9.17) is 9.47 Å². The van der Waals surface area contributed by atoms with E-state index < -0.39 is 17.8 Å². The second-order valence-electron chi connectivity index (χ2n) is 6.35. The molecule has 26 heavy (non-hydrogen) atoms. The Hall–Kier alpha value is -2.74. The van der Waals surface area contributed by atoms with Crippen LogP contribution in [-0.4, -0.2) is 40.1 Å². The molecule has 1 aromatic heterocycles.